The van der Waals surface area contributed by atoms with Gasteiger partial charge in [0.1, 0.15) is 5.82 Å². The first-order chi connectivity index (χ1) is 9.52. The highest BCUT2D eigenvalue weighted by Gasteiger charge is 2.43. The molecule has 0 saturated heterocycles. The third-order valence-corrected chi connectivity index (χ3v) is 4.92. The molecule has 1 fully saturated rings. The summed E-state index contributed by atoms with van der Waals surface area (Å²) in [5.74, 6) is 1.94. The van der Waals surface area contributed by atoms with E-state index in [9.17, 15) is 4.79 Å². The number of nitrogens with two attached hydrogens (primary N) is 1. The molecule has 2 aliphatic rings. The summed E-state index contributed by atoms with van der Waals surface area (Å²) in [6.07, 6.45) is 4.92. The minimum absolute atomic E-state index is 0.0428. The Hall–Kier alpha value is -1.43. The molecule has 6 heteroatoms. The molecule has 2 heterocycles. The summed E-state index contributed by atoms with van der Waals surface area (Å²) in [5.41, 5.74) is 5.66. The maximum absolute atomic E-state index is 12.5. The average molecular weight is 277 g/mol. The third-order valence-electron chi connectivity index (χ3n) is 4.92. The standard InChI is InChI=1S/C14H23N5O/c1-9(12-18-17-11-6-4-8-19(11)12)16-13(20)14(2)7-3-5-10(14)15/h9-10H,3-8,15H2,1-2H3,(H,16,20). The highest BCUT2D eigenvalue weighted by Crippen LogP contribution is 2.37. The van der Waals surface area contributed by atoms with Crippen molar-refractivity contribution in [1.82, 2.24) is 20.1 Å². The normalized spacial score (nSPS) is 30.2. The fraction of sp³-hybridized carbons (Fsp3) is 0.786. The first kappa shape index (κ1) is 13.5. The maximum Gasteiger partial charge on any atom is 0.228 e. The number of rotatable bonds is 3. The molecule has 0 bridgehead atoms. The molecule has 3 rings (SSSR count). The summed E-state index contributed by atoms with van der Waals surface area (Å²) in [6, 6.07) is -0.162. The topological polar surface area (TPSA) is 85.8 Å². The van der Waals surface area contributed by atoms with Crippen LogP contribution >= 0.6 is 0 Å². The minimum Gasteiger partial charge on any atom is -0.346 e. The molecule has 20 heavy (non-hydrogen) atoms. The molecule has 0 radical (unpaired) electrons. The lowest BCUT2D eigenvalue weighted by atomic mass is 9.84. The minimum atomic E-state index is -0.442. The lowest BCUT2D eigenvalue weighted by molar-refractivity contribution is -0.131. The molecule has 110 valence electrons. The molecule has 1 saturated carbocycles. The number of carbonyl (C=O) groups excluding carboxylic acids is 1. The Morgan fingerprint density at radius 2 is 2.30 bits per heavy atom. The Bertz CT molecular complexity index is 526. The molecule has 1 aliphatic heterocycles. The number of amides is 1. The number of aromatic nitrogens is 3. The van der Waals surface area contributed by atoms with Crippen LogP contribution in [0.3, 0.4) is 0 Å². The highest BCUT2D eigenvalue weighted by atomic mass is 16.2. The van der Waals surface area contributed by atoms with Crippen LogP contribution in [0, 0.1) is 5.41 Å². The van der Waals surface area contributed by atoms with Crippen molar-refractivity contribution in [3.05, 3.63) is 11.6 Å². The maximum atomic E-state index is 12.5. The molecule has 6 nitrogen and oxygen atoms in total. The number of fused-ring (bicyclic) bond motifs is 1. The van der Waals surface area contributed by atoms with E-state index in [4.69, 9.17) is 5.73 Å². The van der Waals surface area contributed by atoms with Gasteiger partial charge in [-0.2, -0.15) is 0 Å². The summed E-state index contributed by atoms with van der Waals surface area (Å²) >= 11 is 0. The summed E-state index contributed by atoms with van der Waals surface area (Å²) in [6.45, 7) is 4.90. The van der Waals surface area contributed by atoms with Crippen molar-refractivity contribution >= 4 is 5.91 Å². The van der Waals surface area contributed by atoms with E-state index in [-0.39, 0.29) is 18.0 Å². The van der Waals surface area contributed by atoms with Gasteiger partial charge in [0.15, 0.2) is 5.82 Å². The van der Waals surface area contributed by atoms with Gasteiger partial charge >= 0.3 is 0 Å². The van der Waals surface area contributed by atoms with Crippen molar-refractivity contribution in [1.29, 1.82) is 0 Å². The van der Waals surface area contributed by atoms with Crippen LogP contribution in [0.2, 0.25) is 0 Å². The van der Waals surface area contributed by atoms with E-state index in [0.717, 1.165) is 50.3 Å². The van der Waals surface area contributed by atoms with Crippen LogP contribution in [0.5, 0.6) is 0 Å². The fourth-order valence-corrected chi connectivity index (χ4v) is 3.39. The predicted octanol–water partition coefficient (Wildman–Crippen LogP) is 0.919. The first-order valence-electron chi connectivity index (χ1n) is 7.51. The smallest absolute Gasteiger partial charge is 0.228 e. The third kappa shape index (κ3) is 2.02. The number of hydrogen-bond donors (Lipinski definition) is 2. The fourth-order valence-electron chi connectivity index (χ4n) is 3.39. The molecule has 3 atom stereocenters. The van der Waals surface area contributed by atoms with Crippen LogP contribution in [0.1, 0.15) is 57.2 Å². The number of hydrogen-bond acceptors (Lipinski definition) is 4. The molecule has 1 aliphatic carbocycles. The molecule has 3 unspecified atom stereocenters. The Balaban J connectivity index is 1.72. The Morgan fingerprint density at radius 1 is 1.50 bits per heavy atom. The average Bonchev–Trinajstić information content (AvgIpc) is 3.06. The van der Waals surface area contributed by atoms with Crippen LogP contribution in [-0.2, 0) is 17.8 Å². The van der Waals surface area contributed by atoms with Crippen molar-refractivity contribution in [2.24, 2.45) is 11.1 Å². The van der Waals surface area contributed by atoms with Crippen LogP contribution in [0.4, 0.5) is 0 Å². The van der Waals surface area contributed by atoms with E-state index in [0.29, 0.717) is 0 Å². The van der Waals surface area contributed by atoms with Gasteiger partial charge in [-0.25, -0.2) is 0 Å². The van der Waals surface area contributed by atoms with Crippen molar-refractivity contribution in [2.75, 3.05) is 0 Å². The van der Waals surface area contributed by atoms with E-state index in [1.807, 2.05) is 13.8 Å². The molecule has 0 spiro atoms. The molecular formula is C14H23N5O. The summed E-state index contributed by atoms with van der Waals surface area (Å²) in [5, 5.41) is 11.5. The second kappa shape index (κ2) is 4.84. The lowest BCUT2D eigenvalue weighted by Gasteiger charge is -2.29. The van der Waals surface area contributed by atoms with Gasteiger partial charge in [-0.1, -0.05) is 6.42 Å². The number of aryl methyl sites for hydroxylation is 1. The summed E-state index contributed by atoms with van der Waals surface area (Å²) < 4.78 is 2.13. The van der Waals surface area contributed by atoms with Crippen LogP contribution < -0.4 is 11.1 Å². The SMILES string of the molecule is CC(NC(=O)C1(C)CCCC1N)c1nnc2n1CCC2. The van der Waals surface area contributed by atoms with Gasteiger partial charge in [0.25, 0.3) is 0 Å². The molecule has 1 aromatic rings. The van der Waals surface area contributed by atoms with Crippen molar-refractivity contribution < 1.29 is 4.79 Å². The van der Waals surface area contributed by atoms with Crippen LogP contribution in [-0.4, -0.2) is 26.7 Å². The van der Waals surface area contributed by atoms with Gasteiger partial charge < -0.3 is 15.6 Å². The van der Waals surface area contributed by atoms with E-state index in [1.165, 1.54) is 0 Å². The number of carbonyl (C=O) groups is 1. The van der Waals surface area contributed by atoms with Crippen molar-refractivity contribution in [3.8, 4) is 0 Å². The zero-order valence-corrected chi connectivity index (χ0v) is 12.2. The largest absolute Gasteiger partial charge is 0.346 e. The summed E-state index contributed by atoms with van der Waals surface area (Å²) in [7, 11) is 0. The van der Waals surface area contributed by atoms with Crippen LogP contribution in [0.15, 0.2) is 0 Å². The van der Waals surface area contributed by atoms with Gasteiger partial charge in [-0.3, -0.25) is 4.79 Å². The predicted molar refractivity (Wildman–Crippen MR) is 74.8 cm³/mol. The Morgan fingerprint density at radius 3 is 3.00 bits per heavy atom. The monoisotopic (exact) mass is 277 g/mol. The first-order valence-corrected chi connectivity index (χ1v) is 7.51. The van der Waals surface area contributed by atoms with Gasteiger partial charge in [0.2, 0.25) is 5.91 Å². The summed E-state index contributed by atoms with van der Waals surface area (Å²) in [4.78, 5) is 12.5. The van der Waals surface area contributed by atoms with E-state index in [1.54, 1.807) is 0 Å². The number of nitrogens with zero attached hydrogens (tertiary/aromatic N) is 3. The second-order valence-electron chi connectivity index (χ2n) is 6.34. The molecule has 1 amide bonds. The molecule has 1 aromatic heterocycles. The highest BCUT2D eigenvalue weighted by molar-refractivity contribution is 5.83. The quantitative estimate of drug-likeness (QED) is 0.860. The van der Waals surface area contributed by atoms with Crippen molar-refractivity contribution in [3.63, 3.8) is 0 Å². The van der Waals surface area contributed by atoms with Gasteiger partial charge in [-0.15, -0.1) is 10.2 Å². The van der Waals surface area contributed by atoms with E-state index < -0.39 is 5.41 Å². The van der Waals surface area contributed by atoms with Gasteiger partial charge in [0.05, 0.1) is 11.5 Å². The van der Waals surface area contributed by atoms with Gasteiger partial charge in [0, 0.05) is 19.0 Å². The van der Waals surface area contributed by atoms with E-state index in [2.05, 4.69) is 20.1 Å². The number of nitrogens with one attached hydrogen (secondary N) is 1. The van der Waals surface area contributed by atoms with E-state index >= 15 is 0 Å². The zero-order valence-electron chi connectivity index (χ0n) is 12.2. The zero-order chi connectivity index (χ0) is 14.3. The van der Waals surface area contributed by atoms with Crippen LogP contribution in [0.25, 0.3) is 0 Å². The molecule has 3 N–H and O–H groups in total. The van der Waals surface area contributed by atoms with Crippen molar-refractivity contribution in [2.45, 2.75) is 64.6 Å². The lowest BCUT2D eigenvalue weighted by Crippen LogP contribution is -2.48. The Kier molecular flexibility index (Phi) is 3.28. The Labute approximate surface area is 119 Å². The second-order valence-corrected chi connectivity index (χ2v) is 6.34. The molecular weight excluding hydrogens is 254 g/mol. The van der Waals surface area contributed by atoms with Gasteiger partial charge in [-0.05, 0) is 33.1 Å². The molecule has 0 aromatic carbocycles.